The van der Waals surface area contributed by atoms with Gasteiger partial charge in [0.15, 0.2) is 0 Å². The molecule has 0 aliphatic heterocycles. The lowest BCUT2D eigenvalue weighted by Gasteiger charge is -2.31. The van der Waals surface area contributed by atoms with Gasteiger partial charge in [-0.3, -0.25) is 0 Å². The van der Waals surface area contributed by atoms with Gasteiger partial charge in [-0.15, -0.1) is 0 Å². The smallest absolute Gasteiger partial charge is 0.0210 e. The molecule has 19 heavy (non-hydrogen) atoms. The fourth-order valence-corrected chi connectivity index (χ4v) is 3.86. The second kappa shape index (κ2) is 8.06. The van der Waals surface area contributed by atoms with Crippen LogP contribution in [0.4, 0.5) is 0 Å². The Hall–Kier alpha value is -0.340. The third-order valence-corrected chi connectivity index (χ3v) is 5.04. The Morgan fingerprint density at radius 3 is 2.63 bits per heavy atom. The van der Waals surface area contributed by atoms with Crippen LogP contribution in [0.15, 0.2) is 28.7 Å². The summed E-state index contributed by atoms with van der Waals surface area (Å²) in [5.74, 6) is 1.53. The summed E-state index contributed by atoms with van der Waals surface area (Å²) < 4.78 is 1.28. The molecule has 1 atom stereocenters. The van der Waals surface area contributed by atoms with Crippen molar-refractivity contribution in [1.29, 1.82) is 0 Å². The number of nitrogens with one attached hydrogen (secondary N) is 1. The molecule has 1 N–H and O–H groups in total. The molecule has 0 saturated heterocycles. The minimum atomic E-state index is 0.669. The predicted molar refractivity (Wildman–Crippen MR) is 86.6 cm³/mol. The van der Waals surface area contributed by atoms with Crippen LogP contribution in [0.1, 0.15) is 56.9 Å². The average molecular weight is 324 g/mol. The zero-order valence-electron chi connectivity index (χ0n) is 12.0. The van der Waals surface area contributed by atoms with E-state index in [4.69, 9.17) is 0 Å². The van der Waals surface area contributed by atoms with Crippen LogP contribution in [0.25, 0.3) is 0 Å². The highest BCUT2D eigenvalue weighted by Gasteiger charge is 2.25. The quantitative estimate of drug-likeness (QED) is 0.717. The van der Waals surface area contributed by atoms with Gasteiger partial charge in [-0.25, -0.2) is 0 Å². The van der Waals surface area contributed by atoms with Crippen LogP contribution >= 0.6 is 15.9 Å². The number of rotatable bonds is 6. The van der Waals surface area contributed by atoms with Crippen molar-refractivity contribution in [1.82, 2.24) is 5.32 Å². The van der Waals surface area contributed by atoms with Gasteiger partial charge in [-0.1, -0.05) is 60.3 Å². The summed E-state index contributed by atoms with van der Waals surface area (Å²) in [7, 11) is 0. The SMILES string of the molecule is CCCNCC(c1ccccc1Br)C1CCCCC1. The summed E-state index contributed by atoms with van der Waals surface area (Å²) in [5.41, 5.74) is 1.50. The molecule has 2 rings (SSSR count). The summed E-state index contributed by atoms with van der Waals surface area (Å²) >= 11 is 3.74. The number of hydrogen-bond acceptors (Lipinski definition) is 1. The molecule has 0 radical (unpaired) electrons. The molecule has 1 nitrogen and oxygen atoms in total. The van der Waals surface area contributed by atoms with Crippen LogP contribution in [-0.2, 0) is 0 Å². The van der Waals surface area contributed by atoms with Crippen molar-refractivity contribution in [2.24, 2.45) is 5.92 Å². The fraction of sp³-hybridized carbons (Fsp3) is 0.647. The van der Waals surface area contributed by atoms with Gasteiger partial charge in [0.2, 0.25) is 0 Å². The van der Waals surface area contributed by atoms with E-state index >= 15 is 0 Å². The molecule has 106 valence electrons. The van der Waals surface area contributed by atoms with E-state index in [9.17, 15) is 0 Å². The summed E-state index contributed by atoms with van der Waals surface area (Å²) in [5, 5.41) is 3.64. The van der Waals surface area contributed by atoms with E-state index in [1.165, 1.54) is 48.6 Å². The Kier molecular flexibility index (Phi) is 6.39. The molecule has 1 aliphatic rings. The Morgan fingerprint density at radius 2 is 1.95 bits per heavy atom. The Morgan fingerprint density at radius 1 is 1.21 bits per heavy atom. The van der Waals surface area contributed by atoms with Gasteiger partial charge in [0, 0.05) is 16.9 Å². The summed E-state index contributed by atoms with van der Waals surface area (Å²) in [6, 6.07) is 8.78. The zero-order chi connectivity index (χ0) is 13.5. The maximum absolute atomic E-state index is 3.74. The van der Waals surface area contributed by atoms with Crippen LogP contribution in [-0.4, -0.2) is 13.1 Å². The van der Waals surface area contributed by atoms with E-state index in [2.05, 4.69) is 52.4 Å². The third kappa shape index (κ3) is 4.32. The van der Waals surface area contributed by atoms with E-state index in [-0.39, 0.29) is 0 Å². The van der Waals surface area contributed by atoms with Crippen LogP contribution < -0.4 is 5.32 Å². The zero-order valence-corrected chi connectivity index (χ0v) is 13.6. The van der Waals surface area contributed by atoms with Crippen molar-refractivity contribution in [2.45, 2.75) is 51.4 Å². The van der Waals surface area contributed by atoms with E-state index < -0.39 is 0 Å². The normalized spacial score (nSPS) is 18.4. The molecule has 1 aliphatic carbocycles. The van der Waals surface area contributed by atoms with E-state index in [0.717, 1.165) is 19.0 Å². The van der Waals surface area contributed by atoms with Crippen molar-refractivity contribution < 1.29 is 0 Å². The number of benzene rings is 1. The number of halogens is 1. The van der Waals surface area contributed by atoms with E-state index in [1.807, 2.05) is 0 Å². The van der Waals surface area contributed by atoms with Crippen molar-refractivity contribution in [2.75, 3.05) is 13.1 Å². The van der Waals surface area contributed by atoms with Crippen LogP contribution in [0.5, 0.6) is 0 Å². The second-order valence-corrected chi connectivity index (χ2v) is 6.58. The highest BCUT2D eigenvalue weighted by atomic mass is 79.9. The topological polar surface area (TPSA) is 12.0 Å². The Balaban J connectivity index is 2.10. The number of hydrogen-bond donors (Lipinski definition) is 1. The van der Waals surface area contributed by atoms with Gasteiger partial charge in [-0.05, 0) is 43.4 Å². The molecule has 1 saturated carbocycles. The second-order valence-electron chi connectivity index (χ2n) is 5.73. The maximum Gasteiger partial charge on any atom is 0.0210 e. The highest BCUT2D eigenvalue weighted by molar-refractivity contribution is 9.10. The molecular weight excluding hydrogens is 298 g/mol. The van der Waals surface area contributed by atoms with Crippen LogP contribution in [0.2, 0.25) is 0 Å². The lowest BCUT2D eigenvalue weighted by Crippen LogP contribution is -2.28. The minimum Gasteiger partial charge on any atom is -0.316 e. The van der Waals surface area contributed by atoms with Gasteiger partial charge in [0.25, 0.3) is 0 Å². The van der Waals surface area contributed by atoms with Crippen LogP contribution in [0, 0.1) is 5.92 Å². The average Bonchev–Trinajstić information content (AvgIpc) is 2.46. The van der Waals surface area contributed by atoms with E-state index in [0.29, 0.717) is 5.92 Å². The van der Waals surface area contributed by atoms with Gasteiger partial charge >= 0.3 is 0 Å². The molecular formula is C17H26BrN. The van der Waals surface area contributed by atoms with Crippen molar-refractivity contribution in [3.63, 3.8) is 0 Å². The molecule has 0 heterocycles. The summed E-state index contributed by atoms with van der Waals surface area (Å²) in [6.07, 6.45) is 8.29. The first kappa shape index (κ1) is 15.1. The lowest BCUT2D eigenvalue weighted by molar-refractivity contribution is 0.296. The predicted octanol–water partition coefficient (Wildman–Crippen LogP) is 5.11. The fourth-order valence-electron chi connectivity index (χ4n) is 3.28. The summed E-state index contributed by atoms with van der Waals surface area (Å²) in [4.78, 5) is 0. The van der Waals surface area contributed by atoms with Crippen molar-refractivity contribution in [3.8, 4) is 0 Å². The first-order valence-electron chi connectivity index (χ1n) is 7.78. The molecule has 0 amide bonds. The van der Waals surface area contributed by atoms with Crippen LogP contribution in [0.3, 0.4) is 0 Å². The molecule has 0 bridgehead atoms. The molecule has 0 aromatic heterocycles. The van der Waals surface area contributed by atoms with Crippen molar-refractivity contribution >= 4 is 15.9 Å². The maximum atomic E-state index is 3.74. The Labute approximate surface area is 126 Å². The molecule has 2 heteroatoms. The molecule has 1 unspecified atom stereocenters. The highest BCUT2D eigenvalue weighted by Crippen LogP contribution is 2.38. The van der Waals surface area contributed by atoms with Gasteiger partial charge in [0.1, 0.15) is 0 Å². The van der Waals surface area contributed by atoms with Crippen molar-refractivity contribution in [3.05, 3.63) is 34.3 Å². The van der Waals surface area contributed by atoms with Gasteiger partial charge < -0.3 is 5.32 Å². The monoisotopic (exact) mass is 323 g/mol. The first-order valence-corrected chi connectivity index (χ1v) is 8.57. The lowest BCUT2D eigenvalue weighted by atomic mass is 9.77. The first-order chi connectivity index (χ1) is 9.33. The minimum absolute atomic E-state index is 0.669. The molecule has 1 aromatic rings. The van der Waals surface area contributed by atoms with Gasteiger partial charge in [0.05, 0.1) is 0 Å². The molecule has 0 spiro atoms. The van der Waals surface area contributed by atoms with Gasteiger partial charge in [-0.2, -0.15) is 0 Å². The largest absolute Gasteiger partial charge is 0.316 e. The molecule has 1 aromatic carbocycles. The standard InChI is InChI=1S/C17H26BrN/c1-2-12-19-13-16(14-8-4-3-5-9-14)15-10-6-7-11-17(15)18/h6-7,10-11,14,16,19H,2-5,8-9,12-13H2,1H3. The Bertz CT molecular complexity index is 371. The molecule has 1 fully saturated rings. The van der Waals surface area contributed by atoms with E-state index in [1.54, 1.807) is 0 Å². The summed E-state index contributed by atoms with van der Waals surface area (Å²) in [6.45, 7) is 4.50. The third-order valence-electron chi connectivity index (χ3n) is 4.31.